The van der Waals surface area contributed by atoms with Crippen molar-refractivity contribution in [2.75, 3.05) is 0 Å². The van der Waals surface area contributed by atoms with E-state index in [1.165, 1.54) is 12.1 Å². The minimum Gasteiger partial charge on any atom is -0.480 e. The average molecular weight is 334 g/mol. The van der Waals surface area contributed by atoms with E-state index in [0.29, 0.717) is 4.47 Å². The third-order valence-corrected chi connectivity index (χ3v) is 4.68. The van der Waals surface area contributed by atoms with E-state index in [4.69, 9.17) is 5.11 Å². The number of hydrogen-bond donors (Lipinski definition) is 2. The van der Waals surface area contributed by atoms with Crippen LogP contribution in [0.15, 0.2) is 33.6 Å². The number of benzene rings is 1. The summed E-state index contributed by atoms with van der Waals surface area (Å²) in [4.78, 5) is 11.1. The summed E-state index contributed by atoms with van der Waals surface area (Å²) in [5.74, 6) is -1.22. The second-order valence-corrected chi connectivity index (χ2v) is 6.86. The average Bonchev–Trinajstić information content (AvgIpc) is 3.09. The molecule has 0 aromatic heterocycles. The van der Waals surface area contributed by atoms with Gasteiger partial charge in [-0.2, -0.15) is 4.72 Å². The Kier molecular flexibility index (Phi) is 3.74. The van der Waals surface area contributed by atoms with Crippen LogP contribution in [-0.2, 0) is 14.8 Å². The van der Waals surface area contributed by atoms with Crippen molar-refractivity contribution in [3.05, 3.63) is 28.7 Å². The number of nitrogens with one attached hydrogen (secondary N) is 1. The summed E-state index contributed by atoms with van der Waals surface area (Å²) in [7, 11) is -3.79. The number of halogens is 1. The van der Waals surface area contributed by atoms with Gasteiger partial charge in [0, 0.05) is 4.47 Å². The number of carboxylic acids is 1. The van der Waals surface area contributed by atoms with E-state index in [1.54, 1.807) is 12.1 Å². The first-order valence-electron chi connectivity index (χ1n) is 5.41. The zero-order valence-electron chi connectivity index (χ0n) is 9.34. The molecule has 2 N–H and O–H groups in total. The van der Waals surface area contributed by atoms with Crippen molar-refractivity contribution in [1.29, 1.82) is 0 Å². The van der Waals surface area contributed by atoms with E-state index in [9.17, 15) is 13.2 Å². The monoisotopic (exact) mass is 333 g/mol. The molecule has 0 heterocycles. The summed E-state index contributed by atoms with van der Waals surface area (Å²) < 4.78 is 27.0. The maximum absolute atomic E-state index is 12.0. The fourth-order valence-electron chi connectivity index (χ4n) is 1.65. The molecule has 7 heteroatoms. The highest BCUT2D eigenvalue weighted by Gasteiger charge is 2.39. The molecule has 0 saturated heterocycles. The van der Waals surface area contributed by atoms with E-state index in [1.807, 2.05) is 0 Å². The fourth-order valence-corrected chi connectivity index (χ4v) is 3.50. The van der Waals surface area contributed by atoms with Gasteiger partial charge >= 0.3 is 5.97 Å². The van der Waals surface area contributed by atoms with Crippen molar-refractivity contribution in [1.82, 2.24) is 4.72 Å². The summed E-state index contributed by atoms with van der Waals surface area (Å²) in [5, 5.41) is 9.01. The molecular formula is C11H12BrNO4S. The van der Waals surface area contributed by atoms with Crippen LogP contribution in [0.4, 0.5) is 0 Å². The molecule has 1 unspecified atom stereocenters. The number of hydrogen-bond acceptors (Lipinski definition) is 3. The van der Waals surface area contributed by atoms with Crippen molar-refractivity contribution >= 4 is 31.9 Å². The molecule has 0 radical (unpaired) electrons. The first-order chi connectivity index (χ1) is 8.40. The Bertz CT molecular complexity index is 568. The van der Waals surface area contributed by atoms with E-state index in [-0.39, 0.29) is 10.8 Å². The Hall–Kier alpha value is -0.920. The summed E-state index contributed by atoms with van der Waals surface area (Å²) >= 11 is 3.18. The van der Waals surface area contributed by atoms with Crippen LogP contribution in [0.2, 0.25) is 0 Å². The topological polar surface area (TPSA) is 83.5 Å². The molecule has 0 aliphatic heterocycles. The maximum atomic E-state index is 12.0. The second kappa shape index (κ2) is 4.99. The lowest BCUT2D eigenvalue weighted by Crippen LogP contribution is -2.42. The SMILES string of the molecule is O=C(O)C(NS(=O)(=O)c1cccc(Br)c1)C1CC1. The van der Waals surface area contributed by atoms with Crippen molar-refractivity contribution in [3.8, 4) is 0 Å². The van der Waals surface area contributed by atoms with Gasteiger partial charge in [0.15, 0.2) is 0 Å². The van der Waals surface area contributed by atoms with Crippen molar-refractivity contribution in [3.63, 3.8) is 0 Å². The molecular weight excluding hydrogens is 322 g/mol. The number of aliphatic carboxylic acids is 1. The molecule has 0 bridgehead atoms. The molecule has 18 heavy (non-hydrogen) atoms. The first-order valence-corrected chi connectivity index (χ1v) is 7.68. The molecule has 1 saturated carbocycles. The normalized spacial score (nSPS) is 17.4. The Morgan fingerprint density at radius 3 is 2.61 bits per heavy atom. The van der Waals surface area contributed by atoms with E-state index in [2.05, 4.69) is 20.7 Å². The number of rotatable bonds is 5. The van der Waals surface area contributed by atoms with Gasteiger partial charge in [-0.15, -0.1) is 0 Å². The quantitative estimate of drug-likeness (QED) is 0.857. The van der Waals surface area contributed by atoms with Crippen LogP contribution >= 0.6 is 15.9 Å². The standard InChI is InChI=1S/C11H12BrNO4S/c12-8-2-1-3-9(6-8)18(16,17)13-10(11(14)15)7-4-5-7/h1-3,6-7,10,13H,4-5H2,(H,14,15). The van der Waals surface area contributed by atoms with Gasteiger partial charge < -0.3 is 5.11 Å². The van der Waals surface area contributed by atoms with Gasteiger partial charge in [0.2, 0.25) is 10.0 Å². The third kappa shape index (κ3) is 3.09. The lowest BCUT2D eigenvalue weighted by molar-refractivity contribution is -0.139. The summed E-state index contributed by atoms with van der Waals surface area (Å²) in [6.45, 7) is 0. The van der Waals surface area contributed by atoms with Gasteiger partial charge in [0.1, 0.15) is 6.04 Å². The van der Waals surface area contributed by atoms with Gasteiger partial charge in [0.05, 0.1) is 4.90 Å². The maximum Gasteiger partial charge on any atom is 0.322 e. The molecule has 0 spiro atoms. The smallest absolute Gasteiger partial charge is 0.322 e. The third-order valence-electron chi connectivity index (χ3n) is 2.75. The van der Waals surface area contributed by atoms with Gasteiger partial charge in [-0.3, -0.25) is 4.79 Å². The van der Waals surface area contributed by atoms with Crippen LogP contribution in [0.3, 0.4) is 0 Å². The number of carbonyl (C=O) groups is 1. The Morgan fingerprint density at radius 2 is 2.11 bits per heavy atom. The van der Waals surface area contributed by atoms with Gasteiger partial charge in [-0.05, 0) is 37.0 Å². The molecule has 1 aliphatic rings. The van der Waals surface area contributed by atoms with Crippen molar-refractivity contribution in [2.24, 2.45) is 5.92 Å². The molecule has 1 atom stereocenters. The summed E-state index contributed by atoms with van der Waals surface area (Å²) in [5.41, 5.74) is 0. The summed E-state index contributed by atoms with van der Waals surface area (Å²) in [6.07, 6.45) is 1.50. The zero-order chi connectivity index (χ0) is 13.3. The lowest BCUT2D eigenvalue weighted by atomic mass is 10.2. The minimum absolute atomic E-state index is 0.0591. The van der Waals surface area contributed by atoms with Crippen molar-refractivity contribution in [2.45, 2.75) is 23.8 Å². The molecule has 0 amide bonds. The number of carboxylic acid groups (broad SMARTS) is 1. The van der Waals surface area contributed by atoms with Gasteiger partial charge in [-0.25, -0.2) is 8.42 Å². The van der Waals surface area contributed by atoms with Crippen LogP contribution in [0, 0.1) is 5.92 Å². The predicted molar refractivity (Wildman–Crippen MR) is 68.6 cm³/mol. The highest BCUT2D eigenvalue weighted by Crippen LogP contribution is 2.33. The molecule has 1 aliphatic carbocycles. The molecule has 98 valence electrons. The minimum atomic E-state index is -3.79. The predicted octanol–water partition coefficient (Wildman–Crippen LogP) is 1.59. The Balaban J connectivity index is 2.23. The highest BCUT2D eigenvalue weighted by atomic mass is 79.9. The molecule has 1 aromatic rings. The molecule has 1 aromatic carbocycles. The van der Waals surface area contributed by atoms with E-state index in [0.717, 1.165) is 12.8 Å². The van der Waals surface area contributed by atoms with Crippen LogP contribution in [0.1, 0.15) is 12.8 Å². The Labute approximate surface area is 113 Å². The van der Waals surface area contributed by atoms with Crippen LogP contribution < -0.4 is 4.72 Å². The second-order valence-electron chi connectivity index (χ2n) is 4.23. The van der Waals surface area contributed by atoms with Crippen LogP contribution in [0.5, 0.6) is 0 Å². The largest absolute Gasteiger partial charge is 0.480 e. The molecule has 1 fully saturated rings. The summed E-state index contributed by atoms with van der Waals surface area (Å²) in [6, 6.07) is 5.13. The van der Waals surface area contributed by atoms with E-state index < -0.39 is 22.0 Å². The van der Waals surface area contributed by atoms with Gasteiger partial charge in [-0.1, -0.05) is 22.0 Å². The molecule has 2 rings (SSSR count). The lowest BCUT2D eigenvalue weighted by Gasteiger charge is -2.14. The van der Waals surface area contributed by atoms with Crippen LogP contribution in [-0.4, -0.2) is 25.5 Å². The number of sulfonamides is 1. The first kappa shape index (κ1) is 13.5. The highest BCUT2D eigenvalue weighted by molar-refractivity contribution is 9.10. The fraction of sp³-hybridized carbons (Fsp3) is 0.364. The molecule has 5 nitrogen and oxygen atoms in total. The Morgan fingerprint density at radius 1 is 1.44 bits per heavy atom. The zero-order valence-corrected chi connectivity index (χ0v) is 11.7. The van der Waals surface area contributed by atoms with E-state index >= 15 is 0 Å². The van der Waals surface area contributed by atoms with Crippen LogP contribution in [0.25, 0.3) is 0 Å². The van der Waals surface area contributed by atoms with Gasteiger partial charge in [0.25, 0.3) is 0 Å². The van der Waals surface area contributed by atoms with Crippen molar-refractivity contribution < 1.29 is 18.3 Å².